The van der Waals surface area contributed by atoms with Gasteiger partial charge in [0.05, 0.1) is 16.8 Å². The van der Waals surface area contributed by atoms with E-state index in [2.05, 4.69) is 34.5 Å². The molecule has 0 bridgehead atoms. The van der Waals surface area contributed by atoms with E-state index in [1.54, 1.807) is 6.08 Å². The van der Waals surface area contributed by atoms with Gasteiger partial charge < -0.3 is 14.2 Å². The molecule has 0 amide bonds. The molecule has 1 heterocycles. The van der Waals surface area contributed by atoms with Gasteiger partial charge in [0.2, 0.25) is 5.90 Å². The van der Waals surface area contributed by atoms with Gasteiger partial charge in [0.15, 0.2) is 17.2 Å². The SMILES string of the molecule is CCCCOc1c(I)cc(/C=C2\N=C(c3ccc(F)cc3)OC2=O)cc1OCC. The number of halogens is 2. The summed E-state index contributed by atoms with van der Waals surface area (Å²) >= 11 is 2.19. The minimum absolute atomic E-state index is 0.153. The van der Waals surface area contributed by atoms with Crippen molar-refractivity contribution in [2.24, 2.45) is 4.99 Å². The number of rotatable bonds is 8. The Morgan fingerprint density at radius 1 is 1.17 bits per heavy atom. The van der Waals surface area contributed by atoms with Gasteiger partial charge in [0.1, 0.15) is 5.82 Å². The second kappa shape index (κ2) is 9.87. The highest BCUT2D eigenvalue weighted by Crippen LogP contribution is 2.35. The molecule has 0 radical (unpaired) electrons. The molecule has 0 aliphatic carbocycles. The van der Waals surface area contributed by atoms with E-state index < -0.39 is 5.97 Å². The van der Waals surface area contributed by atoms with Gasteiger partial charge in [-0.15, -0.1) is 0 Å². The van der Waals surface area contributed by atoms with Crippen molar-refractivity contribution in [2.75, 3.05) is 13.2 Å². The van der Waals surface area contributed by atoms with Crippen LogP contribution in [0.1, 0.15) is 37.8 Å². The van der Waals surface area contributed by atoms with Gasteiger partial charge in [-0.05, 0) is 84.0 Å². The lowest BCUT2D eigenvalue weighted by atomic mass is 10.1. The molecule has 1 aliphatic rings. The van der Waals surface area contributed by atoms with Crippen LogP contribution < -0.4 is 9.47 Å². The van der Waals surface area contributed by atoms with Crippen LogP contribution in [0.2, 0.25) is 0 Å². The van der Waals surface area contributed by atoms with Gasteiger partial charge in [0.25, 0.3) is 0 Å². The van der Waals surface area contributed by atoms with Crippen LogP contribution >= 0.6 is 22.6 Å². The Hall–Kier alpha value is -2.42. The number of benzene rings is 2. The van der Waals surface area contributed by atoms with Gasteiger partial charge in [-0.25, -0.2) is 14.2 Å². The standard InChI is InChI=1S/C22H21FINO4/c1-3-5-10-28-20-17(24)11-14(13-19(20)27-4-2)12-18-22(26)29-21(25-18)15-6-8-16(23)9-7-15/h6-9,11-13H,3-5,10H2,1-2H3/b18-12-. The van der Waals surface area contributed by atoms with Crippen molar-refractivity contribution < 1.29 is 23.4 Å². The highest BCUT2D eigenvalue weighted by molar-refractivity contribution is 14.1. The largest absolute Gasteiger partial charge is 0.490 e. The van der Waals surface area contributed by atoms with E-state index in [1.807, 2.05) is 19.1 Å². The first-order valence-electron chi connectivity index (χ1n) is 9.39. The summed E-state index contributed by atoms with van der Waals surface area (Å²) in [5.41, 5.74) is 1.45. The van der Waals surface area contributed by atoms with Crippen LogP contribution in [0.25, 0.3) is 6.08 Å². The van der Waals surface area contributed by atoms with Crippen LogP contribution in [0.5, 0.6) is 11.5 Å². The fourth-order valence-corrected chi connectivity index (χ4v) is 3.46. The number of esters is 1. The first-order valence-corrected chi connectivity index (χ1v) is 10.5. The quantitative estimate of drug-likeness (QED) is 0.208. The molecule has 29 heavy (non-hydrogen) atoms. The summed E-state index contributed by atoms with van der Waals surface area (Å²) < 4.78 is 30.8. The number of nitrogens with zero attached hydrogens (tertiary/aromatic N) is 1. The Kier molecular flexibility index (Phi) is 7.24. The predicted molar refractivity (Wildman–Crippen MR) is 118 cm³/mol. The fourth-order valence-electron chi connectivity index (χ4n) is 2.68. The first-order chi connectivity index (χ1) is 14.0. The fraction of sp³-hybridized carbons (Fsp3) is 0.273. The maximum atomic E-state index is 13.1. The number of hydrogen-bond acceptors (Lipinski definition) is 5. The van der Waals surface area contributed by atoms with Crippen LogP contribution in [0, 0.1) is 9.39 Å². The number of ether oxygens (including phenoxy) is 3. The number of hydrogen-bond donors (Lipinski definition) is 0. The van der Waals surface area contributed by atoms with Crippen LogP contribution in [0.4, 0.5) is 4.39 Å². The number of carbonyl (C=O) groups excluding carboxylic acids is 1. The Morgan fingerprint density at radius 3 is 2.62 bits per heavy atom. The lowest BCUT2D eigenvalue weighted by Gasteiger charge is -2.14. The topological polar surface area (TPSA) is 57.1 Å². The van der Waals surface area contributed by atoms with Crippen molar-refractivity contribution in [3.63, 3.8) is 0 Å². The van der Waals surface area contributed by atoms with Crippen molar-refractivity contribution in [3.8, 4) is 11.5 Å². The second-order valence-corrected chi connectivity index (χ2v) is 7.47. The van der Waals surface area contributed by atoms with E-state index in [0.717, 1.165) is 22.0 Å². The number of aliphatic imine (C=N–C) groups is 1. The van der Waals surface area contributed by atoms with Gasteiger partial charge in [-0.1, -0.05) is 13.3 Å². The average Bonchev–Trinajstić information content (AvgIpc) is 3.05. The van der Waals surface area contributed by atoms with Gasteiger partial charge in [-0.2, -0.15) is 0 Å². The summed E-state index contributed by atoms with van der Waals surface area (Å²) in [5.74, 6) is 0.554. The summed E-state index contributed by atoms with van der Waals surface area (Å²) in [6.07, 6.45) is 3.64. The monoisotopic (exact) mass is 509 g/mol. The molecule has 152 valence electrons. The van der Waals surface area contributed by atoms with E-state index in [-0.39, 0.29) is 17.4 Å². The summed E-state index contributed by atoms with van der Waals surface area (Å²) in [4.78, 5) is 16.5. The van der Waals surface area contributed by atoms with Gasteiger partial charge >= 0.3 is 5.97 Å². The molecule has 2 aromatic rings. The Labute approximate surface area is 182 Å². The zero-order valence-corrected chi connectivity index (χ0v) is 18.4. The van der Waals surface area contributed by atoms with E-state index in [1.165, 1.54) is 24.3 Å². The summed E-state index contributed by atoms with van der Waals surface area (Å²) in [6, 6.07) is 9.34. The summed E-state index contributed by atoms with van der Waals surface area (Å²) in [6.45, 7) is 5.12. The first kappa shape index (κ1) is 21.3. The van der Waals surface area contributed by atoms with Gasteiger partial charge in [-0.3, -0.25) is 0 Å². The molecule has 0 fully saturated rings. The van der Waals surface area contributed by atoms with E-state index in [4.69, 9.17) is 14.2 Å². The molecule has 1 aliphatic heterocycles. The molecule has 7 heteroatoms. The van der Waals surface area contributed by atoms with Crippen molar-refractivity contribution in [1.82, 2.24) is 0 Å². The lowest BCUT2D eigenvalue weighted by molar-refractivity contribution is -0.129. The molecule has 0 saturated carbocycles. The normalized spacial score (nSPS) is 14.7. The number of unbranched alkanes of at least 4 members (excludes halogenated alkanes) is 1. The zero-order valence-electron chi connectivity index (χ0n) is 16.2. The third kappa shape index (κ3) is 5.35. The maximum absolute atomic E-state index is 13.1. The molecule has 2 aromatic carbocycles. The molecule has 3 rings (SSSR count). The van der Waals surface area contributed by atoms with Crippen LogP contribution in [-0.2, 0) is 9.53 Å². The Morgan fingerprint density at radius 2 is 1.93 bits per heavy atom. The Balaban J connectivity index is 1.90. The third-order valence-corrected chi connectivity index (χ3v) is 4.89. The summed E-state index contributed by atoms with van der Waals surface area (Å²) in [7, 11) is 0. The molecule has 0 atom stereocenters. The average molecular weight is 509 g/mol. The minimum Gasteiger partial charge on any atom is -0.490 e. The van der Waals surface area contributed by atoms with Crippen molar-refractivity contribution in [1.29, 1.82) is 0 Å². The van der Waals surface area contributed by atoms with Crippen molar-refractivity contribution >= 4 is 40.5 Å². The molecule has 0 spiro atoms. The van der Waals surface area contributed by atoms with E-state index in [9.17, 15) is 9.18 Å². The highest BCUT2D eigenvalue weighted by Gasteiger charge is 2.24. The van der Waals surface area contributed by atoms with Gasteiger partial charge in [0, 0.05) is 5.56 Å². The van der Waals surface area contributed by atoms with Crippen LogP contribution in [0.15, 0.2) is 47.1 Å². The predicted octanol–water partition coefficient (Wildman–Crippen LogP) is 5.35. The van der Waals surface area contributed by atoms with Crippen molar-refractivity contribution in [2.45, 2.75) is 26.7 Å². The lowest BCUT2D eigenvalue weighted by Crippen LogP contribution is -2.05. The molecular weight excluding hydrogens is 488 g/mol. The zero-order chi connectivity index (χ0) is 20.8. The molecule has 0 saturated heterocycles. The highest BCUT2D eigenvalue weighted by atomic mass is 127. The molecule has 5 nitrogen and oxygen atoms in total. The van der Waals surface area contributed by atoms with E-state index in [0.29, 0.717) is 30.3 Å². The molecule has 0 unspecified atom stereocenters. The maximum Gasteiger partial charge on any atom is 0.363 e. The molecule has 0 N–H and O–H groups in total. The van der Waals surface area contributed by atoms with Crippen LogP contribution in [-0.4, -0.2) is 25.1 Å². The summed E-state index contributed by atoms with van der Waals surface area (Å²) in [5, 5.41) is 0. The third-order valence-electron chi connectivity index (χ3n) is 4.09. The molecular formula is C22H21FINO4. The number of cyclic esters (lactones) is 1. The smallest absolute Gasteiger partial charge is 0.363 e. The van der Waals surface area contributed by atoms with E-state index >= 15 is 0 Å². The molecule has 0 aromatic heterocycles. The second-order valence-electron chi connectivity index (χ2n) is 6.31. The number of carbonyl (C=O) groups is 1. The van der Waals surface area contributed by atoms with Crippen LogP contribution in [0.3, 0.4) is 0 Å². The van der Waals surface area contributed by atoms with Crippen molar-refractivity contribution in [3.05, 3.63) is 62.6 Å². The Bertz CT molecular complexity index is 954. The minimum atomic E-state index is -0.555.